The van der Waals surface area contributed by atoms with Crippen LogP contribution < -0.4 is 5.32 Å². The van der Waals surface area contributed by atoms with Crippen molar-refractivity contribution in [3.8, 4) is 0 Å². The maximum atomic E-state index is 10.2. The van der Waals surface area contributed by atoms with Crippen molar-refractivity contribution < 1.29 is 9.53 Å². The number of nitrogens with zero attached hydrogens (tertiary/aromatic N) is 1. The molecule has 1 rings (SSSR count). The van der Waals surface area contributed by atoms with E-state index in [2.05, 4.69) is 5.32 Å². The molecule has 0 N–H and O–H groups in total. The number of amides is 1. The minimum atomic E-state index is -0.133. The normalized spacial score (nSPS) is 21.4. The minimum Gasteiger partial charge on any atom is -0.370 e. The summed E-state index contributed by atoms with van der Waals surface area (Å²) >= 11 is 0. The highest BCUT2D eigenvalue weighted by molar-refractivity contribution is 5.77. The van der Waals surface area contributed by atoms with Crippen molar-refractivity contribution in [1.82, 2.24) is 5.32 Å². The predicted molar refractivity (Wildman–Crippen MR) is 22.8 cm³/mol. The molecular formula is C4H6NO2. The van der Waals surface area contributed by atoms with E-state index in [1.54, 1.807) is 0 Å². The van der Waals surface area contributed by atoms with Gasteiger partial charge in [-0.1, -0.05) is 0 Å². The summed E-state index contributed by atoms with van der Waals surface area (Å²) in [5, 5.41) is 3.57. The molecule has 0 aliphatic carbocycles. The SMILES string of the molecule is O=C1COCC[N]1. The van der Waals surface area contributed by atoms with E-state index in [1.807, 2.05) is 0 Å². The number of rotatable bonds is 0. The summed E-state index contributed by atoms with van der Waals surface area (Å²) in [6.45, 7) is 1.32. The second kappa shape index (κ2) is 1.93. The Labute approximate surface area is 41.7 Å². The Morgan fingerprint density at radius 1 is 1.71 bits per heavy atom. The molecule has 3 heteroatoms. The van der Waals surface area contributed by atoms with Gasteiger partial charge in [-0.25, -0.2) is 5.32 Å². The van der Waals surface area contributed by atoms with Crippen molar-refractivity contribution >= 4 is 5.91 Å². The Morgan fingerprint density at radius 2 is 2.57 bits per heavy atom. The number of ether oxygens (including phenoxy) is 1. The quantitative estimate of drug-likeness (QED) is 0.397. The molecule has 39 valence electrons. The van der Waals surface area contributed by atoms with Crippen molar-refractivity contribution in [3.05, 3.63) is 0 Å². The molecule has 7 heavy (non-hydrogen) atoms. The van der Waals surface area contributed by atoms with Crippen molar-refractivity contribution in [1.29, 1.82) is 0 Å². The zero-order valence-electron chi connectivity index (χ0n) is 3.89. The minimum absolute atomic E-state index is 0.133. The number of hydrogen-bond donors (Lipinski definition) is 0. The molecule has 1 aliphatic rings. The number of hydrogen-bond acceptors (Lipinski definition) is 2. The topological polar surface area (TPSA) is 40.4 Å². The van der Waals surface area contributed by atoms with Crippen LogP contribution in [0.15, 0.2) is 0 Å². The molecule has 0 saturated carbocycles. The lowest BCUT2D eigenvalue weighted by molar-refractivity contribution is -0.129. The number of carbonyl (C=O) groups is 1. The fourth-order valence-electron chi connectivity index (χ4n) is 0.440. The number of carbonyl (C=O) groups excluding carboxylic acids is 1. The summed E-state index contributed by atoms with van der Waals surface area (Å²) in [6.07, 6.45) is 0. The molecule has 0 aromatic carbocycles. The van der Waals surface area contributed by atoms with E-state index in [0.29, 0.717) is 13.2 Å². The smallest absolute Gasteiger partial charge is 0.267 e. The summed E-state index contributed by atoms with van der Waals surface area (Å²) < 4.78 is 4.74. The lowest BCUT2D eigenvalue weighted by Gasteiger charge is -2.07. The second-order valence-corrected chi connectivity index (χ2v) is 1.33. The maximum Gasteiger partial charge on any atom is 0.267 e. The Bertz CT molecular complexity index is 73.8. The second-order valence-electron chi connectivity index (χ2n) is 1.33. The molecular weight excluding hydrogens is 94.0 g/mol. The monoisotopic (exact) mass is 100 g/mol. The van der Waals surface area contributed by atoms with Crippen LogP contribution in [-0.2, 0) is 9.53 Å². The van der Waals surface area contributed by atoms with Crippen molar-refractivity contribution in [2.75, 3.05) is 19.8 Å². The third kappa shape index (κ3) is 1.16. The third-order valence-corrected chi connectivity index (χ3v) is 0.749. The van der Waals surface area contributed by atoms with Crippen LogP contribution in [0.5, 0.6) is 0 Å². The van der Waals surface area contributed by atoms with Crippen molar-refractivity contribution in [2.24, 2.45) is 0 Å². The van der Waals surface area contributed by atoms with Crippen LogP contribution in [0.4, 0.5) is 0 Å². The fraction of sp³-hybridized carbons (Fsp3) is 0.750. The van der Waals surface area contributed by atoms with Gasteiger partial charge in [-0.3, -0.25) is 4.79 Å². The van der Waals surface area contributed by atoms with Gasteiger partial charge in [-0.2, -0.15) is 0 Å². The molecule has 1 radical (unpaired) electrons. The van der Waals surface area contributed by atoms with Crippen LogP contribution in [0, 0.1) is 0 Å². The molecule has 3 nitrogen and oxygen atoms in total. The number of morpholine rings is 1. The van der Waals surface area contributed by atoms with Gasteiger partial charge >= 0.3 is 0 Å². The molecule has 1 saturated heterocycles. The summed E-state index contributed by atoms with van der Waals surface area (Å²) in [5.41, 5.74) is 0. The Balaban J connectivity index is 2.25. The zero-order valence-corrected chi connectivity index (χ0v) is 3.89. The molecule has 1 aliphatic heterocycles. The van der Waals surface area contributed by atoms with Gasteiger partial charge in [-0.05, 0) is 0 Å². The van der Waals surface area contributed by atoms with Crippen molar-refractivity contribution in [2.45, 2.75) is 0 Å². The van der Waals surface area contributed by atoms with Crippen molar-refractivity contribution in [3.63, 3.8) is 0 Å². The van der Waals surface area contributed by atoms with Gasteiger partial charge in [-0.15, -0.1) is 0 Å². The van der Waals surface area contributed by atoms with Crippen LogP contribution in [-0.4, -0.2) is 25.7 Å². The molecule has 0 aromatic rings. The first-order chi connectivity index (χ1) is 3.39. The van der Waals surface area contributed by atoms with Crippen LogP contribution >= 0.6 is 0 Å². The summed E-state index contributed by atoms with van der Waals surface area (Å²) in [4.78, 5) is 10.2. The third-order valence-electron chi connectivity index (χ3n) is 0.749. The zero-order chi connectivity index (χ0) is 5.11. The average Bonchev–Trinajstić information content (AvgIpc) is 1.69. The van der Waals surface area contributed by atoms with E-state index >= 15 is 0 Å². The van der Waals surface area contributed by atoms with Crippen LogP contribution in [0.3, 0.4) is 0 Å². The fourth-order valence-corrected chi connectivity index (χ4v) is 0.440. The van der Waals surface area contributed by atoms with Gasteiger partial charge in [0.1, 0.15) is 6.61 Å². The molecule has 0 spiro atoms. The molecule has 0 unspecified atom stereocenters. The standard InChI is InChI=1S/C4H6NO2/c6-4-3-7-2-1-5-4/h1-3H2. The van der Waals surface area contributed by atoms with Gasteiger partial charge in [0.25, 0.3) is 5.91 Å². The van der Waals surface area contributed by atoms with E-state index in [-0.39, 0.29) is 12.5 Å². The van der Waals surface area contributed by atoms with E-state index in [1.165, 1.54) is 0 Å². The van der Waals surface area contributed by atoms with E-state index in [0.717, 1.165) is 0 Å². The van der Waals surface area contributed by atoms with Gasteiger partial charge in [0.2, 0.25) is 0 Å². The van der Waals surface area contributed by atoms with Gasteiger partial charge < -0.3 is 4.74 Å². The van der Waals surface area contributed by atoms with Crippen LogP contribution in [0.1, 0.15) is 0 Å². The summed E-state index contributed by atoms with van der Waals surface area (Å²) in [6, 6.07) is 0. The van der Waals surface area contributed by atoms with Crippen LogP contribution in [0.2, 0.25) is 0 Å². The Kier molecular flexibility index (Phi) is 1.26. The van der Waals surface area contributed by atoms with Gasteiger partial charge in [0.05, 0.1) is 13.2 Å². The Morgan fingerprint density at radius 3 is 2.86 bits per heavy atom. The Hall–Kier alpha value is -0.570. The van der Waals surface area contributed by atoms with E-state index in [9.17, 15) is 4.79 Å². The highest BCUT2D eigenvalue weighted by atomic mass is 16.5. The predicted octanol–water partition coefficient (Wildman–Crippen LogP) is -0.852. The molecule has 0 bridgehead atoms. The first-order valence-corrected chi connectivity index (χ1v) is 2.17. The van der Waals surface area contributed by atoms with Gasteiger partial charge in [0.15, 0.2) is 0 Å². The van der Waals surface area contributed by atoms with Gasteiger partial charge in [0, 0.05) is 0 Å². The summed E-state index contributed by atoms with van der Waals surface area (Å²) in [5.74, 6) is -0.133. The lowest BCUT2D eigenvalue weighted by Crippen LogP contribution is -2.30. The first kappa shape index (κ1) is 4.59. The molecule has 1 fully saturated rings. The highest BCUT2D eigenvalue weighted by Crippen LogP contribution is 1.82. The highest BCUT2D eigenvalue weighted by Gasteiger charge is 2.06. The first-order valence-electron chi connectivity index (χ1n) is 2.17. The summed E-state index contributed by atoms with van der Waals surface area (Å²) in [7, 11) is 0. The molecule has 1 heterocycles. The maximum absolute atomic E-state index is 10.2. The van der Waals surface area contributed by atoms with Crippen LogP contribution in [0.25, 0.3) is 0 Å². The molecule has 0 atom stereocenters. The average molecular weight is 100 g/mol. The lowest BCUT2D eigenvalue weighted by atomic mass is 10.5. The molecule has 1 amide bonds. The molecule has 0 aromatic heterocycles. The van der Waals surface area contributed by atoms with E-state index < -0.39 is 0 Å². The largest absolute Gasteiger partial charge is 0.370 e. The van der Waals surface area contributed by atoms with E-state index in [4.69, 9.17) is 4.74 Å².